The Morgan fingerprint density at radius 1 is 1.15 bits per heavy atom. The smallest absolute Gasteiger partial charge is 0.160 e. The Bertz CT molecular complexity index is 1120. The summed E-state index contributed by atoms with van der Waals surface area (Å²) in [6.07, 6.45) is 9.75. The Morgan fingerprint density at radius 3 is 2.61 bits per heavy atom. The summed E-state index contributed by atoms with van der Waals surface area (Å²) in [6.45, 7) is 8.17. The van der Waals surface area contributed by atoms with Crippen molar-refractivity contribution in [1.29, 1.82) is 0 Å². The molecule has 0 aromatic carbocycles. The molecule has 1 aliphatic carbocycles. The van der Waals surface area contributed by atoms with E-state index in [1.807, 2.05) is 30.6 Å². The molecular formula is C25H35N7O. The van der Waals surface area contributed by atoms with Gasteiger partial charge >= 0.3 is 0 Å². The number of aromatic nitrogens is 5. The molecule has 0 unspecified atom stereocenters. The average Bonchev–Trinajstić information content (AvgIpc) is 3.45. The van der Waals surface area contributed by atoms with Gasteiger partial charge in [-0.05, 0) is 58.8 Å². The Hall–Kier alpha value is -2.74. The van der Waals surface area contributed by atoms with E-state index in [4.69, 9.17) is 20.1 Å². The highest BCUT2D eigenvalue weighted by atomic mass is 16.3. The van der Waals surface area contributed by atoms with Crippen LogP contribution in [-0.2, 0) is 6.42 Å². The molecule has 3 aromatic rings. The average molecular weight is 450 g/mol. The molecule has 33 heavy (non-hydrogen) atoms. The van der Waals surface area contributed by atoms with Crippen LogP contribution in [0.1, 0.15) is 70.2 Å². The number of aryl methyl sites for hydroxylation is 2. The fourth-order valence-corrected chi connectivity index (χ4v) is 5.04. The summed E-state index contributed by atoms with van der Waals surface area (Å²) in [5.41, 5.74) is 3.79. The highest BCUT2D eigenvalue weighted by Gasteiger charge is 2.29. The molecule has 8 heteroatoms. The van der Waals surface area contributed by atoms with Gasteiger partial charge in [0.05, 0.1) is 17.0 Å². The zero-order chi connectivity index (χ0) is 23.0. The Balaban J connectivity index is 1.51. The highest BCUT2D eigenvalue weighted by molar-refractivity contribution is 5.67. The van der Waals surface area contributed by atoms with E-state index >= 15 is 0 Å². The van der Waals surface area contributed by atoms with Crippen molar-refractivity contribution in [1.82, 2.24) is 24.6 Å². The van der Waals surface area contributed by atoms with Gasteiger partial charge in [0.25, 0.3) is 0 Å². The van der Waals surface area contributed by atoms with Crippen molar-refractivity contribution in [2.75, 3.05) is 23.3 Å². The third kappa shape index (κ3) is 4.67. The summed E-state index contributed by atoms with van der Waals surface area (Å²) in [5.74, 6) is 1.95. The van der Waals surface area contributed by atoms with E-state index in [0.717, 1.165) is 91.7 Å². The van der Waals surface area contributed by atoms with Gasteiger partial charge in [-0.25, -0.2) is 4.98 Å². The van der Waals surface area contributed by atoms with Crippen LogP contribution in [0.2, 0.25) is 0 Å². The lowest BCUT2D eigenvalue weighted by atomic mass is 9.84. The third-order valence-electron chi connectivity index (χ3n) is 7.00. The lowest BCUT2D eigenvalue weighted by Gasteiger charge is -2.34. The predicted octanol–water partition coefficient (Wildman–Crippen LogP) is 4.15. The van der Waals surface area contributed by atoms with Gasteiger partial charge in [0.15, 0.2) is 5.65 Å². The van der Waals surface area contributed by atoms with E-state index in [0.29, 0.717) is 6.04 Å². The van der Waals surface area contributed by atoms with Gasteiger partial charge < -0.3 is 15.3 Å². The number of nitrogens with one attached hydrogen (secondary N) is 1. The van der Waals surface area contributed by atoms with Gasteiger partial charge in [-0.1, -0.05) is 13.3 Å². The van der Waals surface area contributed by atoms with Crippen molar-refractivity contribution >= 4 is 17.3 Å². The van der Waals surface area contributed by atoms with E-state index in [9.17, 15) is 5.11 Å². The minimum atomic E-state index is -0.550. The molecule has 2 aliphatic rings. The molecule has 3 aromatic heterocycles. The molecular weight excluding hydrogens is 414 g/mol. The van der Waals surface area contributed by atoms with Crippen LogP contribution in [0.5, 0.6) is 0 Å². The van der Waals surface area contributed by atoms with E-state index in [2.05, 4.69) is 23.2 Å². The molecule has 1 aliphatic heterocycles. The monoisotopic (exact) mass is 449 g/mol. The number of nitrogens with zero attached hydrogens (tertiary/aromatic N) is 6. The lowest BCUT2D eigenvalue weighted by Crippen LogP contribution is -2.36. The topological polar surface area (TPSA) is 91.5 Å². The quantitative estimate of drug-likeness (QED) is 0.584. The van der Waals surface area contributed by atoms with Crippen molar-refractivity contribution in [3.8, 4) is 11.4 Å². The van der Waals surface area contributed by atoms with Gasteiger partial charge in [-0.3, -0.25) is 9.97 Å². The Morgan fingerprint density at radius 2 is 1.91 bits per heavy atom. The molecule has 4 heterocycles. The second-order valence-electron chi connectivity index (χ2n) is 9.95. The number of aliphatic hydroxyl groups is 1. The maximum atomic E-state index is 10.4. The maximum absolute atomic E-state index is 10.4. The Labute approximate surface area is 195 Å². The zero-order valence-electron chi connectivity index (χ0n) is 20.0. The molecule has 0 spiro atoms. The van der Waals surface area contributed by atoms with Crippen molar-refractivity contribution < 1.29 is 5.11 Å². The van der Waals surface area contributed by atoms with Gasteiger partial charge in [0.2, 0.25) is 0 Å². The summed E-state index contributed by atoms with van der Waals surface area (Å²) in [7, 11) is 0. The number of hydrogen-bond donors (Lipinski definition) is 2. The zero-order valence-corrected chi connectivity index (χ0v) is 20.0. The van der Waals surface area contributed by atoms with Crippen LogP contribution in [0.3, 0.4) is 0 Å². The second-order valence-corrected chi connectivity index (χ2v) is 9.95. The number of anilines is 2. The van der Waals surface area contributed by atoms with Gasteiger partial charge in [0.1, 0.15) is 23.0 Å². The fourth-order valence-electron chi connectivity index (χ4n) is 5.04. The molecule has 2 N–H and O–H groups in total. The first-order valence-corrected chi connectivity index (χ1v) is 12.4. The first-order chi connectivity index (χ1) is 15.9. The van der Waals surface area contributed by atoms with Gasteiger partial charge in [-0.2, -0.15) is 9.61 Å². The van der Waals surface area contributed by atoms with E-state index < -0.39 is 5.60 Å². The second kappa shape index (κ2) is 8.89. The largest absolute Gasteiger partial charge is 0.390 e. The first kappa shape index (κ1) is 22.1. The molecule has 5 rings (SSSR count). The number of hydrogen-bond acceptors (Lipinski definition) is 7. The molecule has 0 amide bonds. The molecule has 176 valence electrons. The van der Waals surface area contributed by atoms with E-state index in [1.54, 1.807) is 0 Å². The number of rotatable bonds is 6. The molecule has 0 radical (unpaired) electrons. The van der Waals surface area contributed by atoms with Gasteiger partial charge in [0, 0.05) is 37.5 Å². The van der Waals surface area contributed by atoms with Crippen molar-refractivity contribution in [3.05, 3.63) is 29.7 Å². The minimum Gasteiger partial charge on any atom is -0.390 e. The fraction of sp³-hybridized carbons (Fsp3) is 0.600. The summed E-state index contributed by atoms with van der Waals surface area (Å²) in [6, 6.07) is 4.46. The number of fused-ring (bicyclic) bond motifs is 1. The standard InChI is InChI=1S/C25H35N7O/c1-4-7-19-16-26-24(17(2)27-19)20-14-22-29-21(31-12-5-6-13-31)15-23(32(22)30-20)28-18-8-10-25(3,33)11-9-18/h14-16,18,28,33H,4-13H2,1-3H3/t18-,25-. The van der Waals surface area contributed by atoms with Crippen molar-refractivity contribution in [2.24, 2.45) is 0 Å². The van der Waals surface area contributed by atoms with Crippen LogP contribution < -0.4 is 10.2 Å². The minimum absolute atomic E-state index is 0.310. The third-order valence-corrected chi connectivity index (χ3v) is 7.00. The molecule has 8 nitrogen and oxygen atoms in total. The summed E-state index contributed by atoms with van der Waals surface area (Å²) < 4.78 is 1.91. The lowest BCUT2D eigenvalue weighted by molar-refractivity contribution is 0.0196. The molecule has 1 saturated heterocycles. The summed E-state index contributed by atoms with van der Waals surface area (Å²) in [5, 5.41) is 19.0. The predicted molar refractivity (Wildman–Crippen MR) is 131 cm³/mol. The molecule has 1 saturated carbocycles. The summed E-state index contributed by atoms with van der Waals surface area (Å²) >= 11 is 0. The maximum Gasteiger partial charge on any atom is 0.160 e. The Kier molecular flexibility index (Phi) is 5.95. The normalized spacial score (nSPS) is 23.4. The van der Waals surface area contributed by atoms with Gasteiger partial charge in [-0.15, -0.1) is 0 Å². The summed E-state index contributed by atoms with van der Waals surface area (Å²) in [4.78, 5) is 16.7. The van der Waals surface area contributed by atoms with Crippen molar-refractivity contribution in [2.45, 2.75) is 83.8 Å². The van der Waals surface area contributed by atoms with Crippen LogP contribution in [0.15, 0.2) is 18.3 Å². The molecule has 0 bridgehead atoms. The highest BCUT2D eigenvalue weighted by Crippen LogP contribution is 2.31. The molecule has 2 fully saturated rings. The van der Waals surface area contributed by atoms with E-state index in [1.165, 1.54) is 12.8 Å². The SMILES string of the molecule is CCCc1cnc(-c2cc3nc(N4CCCC4)cc(N[C@H]4CC[C@](C)(O)CC4)n3n2)c(C)n1. The van der Waals surface area contributed by atoms with Crippen LogP contribution in [-0.4, -0.2) is 54.4 Å². The van der Waals surface area contributed by atoms with Crippen LogP contribution in [0.4, 0.5) is 11.6 Å². The van der Waals surface area contributed by atoms with Crippen LogP contribution in [0.25, 0.3) is 17.0 Å². The first-order valence-electron chi connectivity index (χ1n) is 12.4. The van der Waals surface area contributed by atoms with Crippen LogP contribution in [0, 0.1) is 6.92 Å². The van der Waals surface area contributed by atoms with Crippen molar-refractivity contribution in [3.63, 3.8) is 0 Å². The van der Waals surface area contributed by atoms with Crippen LogP contribution >= 0.6 is 0 Å². The molecule has 0 atom stereocenters. The van der Waals surface area contributed by atoms with E-state index in [-0.39, 0.29) is 0 Å².